The van der Waals surface area contributed by atoms with Crippen molar-refractivity contribution < 1.29 is 50.6 Å². The van der Waals surface area contributed by atoms with E-state index in [4.69, 9.17) is 32.7 Å². The van der Waals surface area contributed by atoms with Crippen molar-refractivity contribution in [2.75, 3.05) is 6.61 Å². The summed E-state index contributed by atoms with van der Waals surface area (Å²) >= 11 is 12.3. The molecule has 0 N–H and O–H groups in total. The molecular formula is C26H19Cl2F5N2O7. The number of carbonyl (C=O) groups is 1. The van der Waals surface area contributed by atoms with Crippen LogP contribution < -0.4 is 14.2 Å². The van der Waals surface area contributed by atoms with Gasteiger partial charge in [0.25, 0.3) is 5.69 Å². The molecule has 0 spiro atoms. The van der Waals surface area contributed by atoms with Crippen molar-refractivity contribution in [3.8, 4) is 11.5 Å². The Bertz CT molecular complexity index is 1480. The van der Waals surface area contributed by atoms with Gasteiger partial charge in [0.1, 0.15) is 16.1 Å². The van der Waals surface area contributed by atoms with Crippen LogP contribution in [-0.2, 0) is 17.3 Å². The quantitative estimate of drug-likeness (QED) is 0.0551. The SMILES string of the molecule is O=C(OC(Cc1c(Cl)c[n+]([O-])cc1Cl)c1ccc(OC(F)F)c(OCC2CC2)c1)c1ccc([N+](=O)[O-])cc1C(F)(F)F. The maximum atomic E-state index is 13.8. The van der Waals surface area contributed by atoms with Crippen LogP contribution in [0.3, 0.4) is 0 Å². The van der Waals surface area contributed by atoms with Gasteiger partial charge in [0.15, 0.2) is 23.9 Å². The number of nitrogens with zero attached hydrogens (tertiary/aromatic N) is 2. The molecule has 1 aliphatic rings. The van der Waals surface area contributed by atoms with Crippen LogP contribution in [0.1, 0.15) is 46.0 Å². The molecule has 1 atom stereocenters. The number of benzene rings is 2. The largest absolute Gasteiger partial charge is 0.619 e. The normalized spacial score (nSPS) is 14.0. The van der Waals surface area contributed by atoms with Gasteiger partial charge in [-0.05, 0) is 42.5 Å². The monoisotopic (exact) mass is 636 g/mol. The molecule has 1 aromatic heterocycles. The minimum absolute atomic E-state index is 0.0669. The number of carbonyl (C=O) groups excluding carboxylic acids is 1. The van der Waals surface area contributed by atoms with Gasteiger partial charge in [0.05, 0.1) is 22.7 Å². The zero-order valence-corrected chi connectivity index (χ0v) is 22.6. The van der Waals surface area contributed by atoms with E-state index in [1.54, 1.807) is 0 Å². The first-order chi connectivity index (χ1) is 19.7. The first kappa shape index (κ1) is 31.0. The molecule has 1 saturated carbocycles. The van der Waals surface area contributed by atoms with Crippen molar-refractivity contribution in [3.05, 3.63) is 96.4 Å². The summed E-state index contributed by atoms with van der Waals surface area (Å²) < 4.78 is 83.3. The molecule has 0 saturated heterocycles. The summed E-state index contributed by atoms with van der Waals surface area (Å²) in [6.07, 6.45) is -3.38. The fourth-order valence-corrected chi connectivity index (χ4v) is 4.51. The number of hydrogen-bond donors (Lipinski definition) is 0. The molecule has 1 fully saturated rings. The standard InChI is InChI=1S/C26H19Cl2F5N2O7/c27-19-10-34(37)11-20(28)17(19)9-22(14-3-6-21(42-25(29)30)23(7-14)40-12-13-1-2-13)41-24(36)16-5-4-15(35(38)39)8-18(16)26(31,32)33/h3-8,10-11,13,22,25H,1-2,9,12H2. The summed E-state index contributed by atoms with van der Waals surface area (Å²) in [5.74, 6) is -1.80. The van der Waals surface area contributed by atoms with Crippen molar-refractivity contribution in [2.45, 2.75) is 38.2 Å². The molecule has 224 valence electrons. The van der Waals surface area contributed by atoms with Gasteiger partial charge in [-0.1, -0.05) is 29.3 Å². The first-order valence-corrected chi connectivity index (χ1v) is 12.8. The van der Waals surface area contributed by atoms with Gasteiger partial charge in [-0.15, -0.1) is 0 Å². The van der Waals surface area contributed by atoms with E-state index in [1.165, 1.54) is 12.1 Å². The summed E-state index contributed by atoms with van der Waals surface area (Å²) in [4.78, 5) is 23.1. The lowest BCUT2D eigenvalue weighted by molar-refractivity contribution is -0.605. The second-order valence-electron chi connectivity index (χ2n) is 9.21. The average molecular weight is 637 g/mol. The second kappa shape index (κ2) is 12.5. The highest BCUT2D eigenvalue weighted by atomic mass is 35.5. The van der Waals surface area contributed by atoms with Gasteiger partial charge in [-0.2, -0.15) is 26.7 Å². The van der Waals surface area contributed by atoms with Gasteiger partial charge < -0.3 is 19.4 Å². The Morgan fingerprint density at radius 3 is 2.31 bits per heavy atom. The highest BCUT2D eigenvalue weighted by Crippen LogP contribution is 2.39. The van der Waals surface area contributed by atoms with Crippen LogP contribution in [0.15, 0.2) is 48.8 Å². The molecule has 42 heavy (non-hydrogen) atoms. The lowest BCUT2D eigenvalue weighted by atomic mass is 10.0. The Hall–Kier alpha value is -3.91. The molecule has 1 unspecified atom stereocenters. The molecule has 2 aromatic carbocycles. The van der Waals surface area contributed by atoms with Crippen molar-refractivity contribution >= 4 is 34.9 Å². The van der Waals surface area contributed by atoms with E-state index in [9.17, 15) is 42.1 Å². The summed E-state index contributed by atoms with van der Waals surface area (Å²) in [5, 5.41) is 22.4. The Labute approximate surface area is 244 Å². The predicted octanol–water partition coefficient (Wildman–Crippen LogP) is 7.08. The van der Waals surface area contributed by atoms with Gasteiger partial charge in [-0.3, -0.25) is 10.1 Å². The van der Waals surface area contributed by atoms with Crippen LogP contribution >= 0.6 is 23.2 Å². The number of hydrogen-bond acceptors (Lipinski definition) is 7. The molecule has 1 aliphatic carbocycles. The van der Waals surface area contributed by atoms with Crippen LogP contribution in [0.2, 0.25) is 10.0 Å². The number of nitro benzene ring substituents is 1. The molecular weight excluding hydrogens is 618 g/mol. The number of halogens is 7. The number of nitro groups is 1. The highest BCUT2D eigenvalue weighted by molar-refractivity contribution is 6.35. The third-order valence-corrected chi connectivity index (χ3v) is 6.81. The van der Waals surface area contributed by atoms with E-state index in [0.29, 0.717) is 16.9 Å². The van der Waals surface area contributed by atoms with Crippen molar-refractivity contribution in [1.29, 1.82) is 0 Å². The van der Waals surface area contributed by atoms with Crippen molar-refractivity contribution in [1.82, 2.24) is 0 Å². The minimum atomic E-state index is -5.16. The van der Waals surface area contributed by atoms with E-state index in [0.717, 1.165) is 31.3 Å². The third-order valence-electron chi connectivity index (χ3n) is 6.16. The smallest absolute Gasteiger partial charge is 0.417 e. The van der Waals surface area contributed by atoms with Gasteiger partial charge in [-0.25, -0.2) is 4.79 Å². The summed E-state index contributed by atoms with van der Waals surface area (Å²) in [5.41, 5.74) is -3.40. The molecule has 0 aliphatic heterocycles. The van der Waals surface area contributed by atoms with Crippen molar-refractivity contribution in [3.63, 3.8) is 0 Å². The number of non-ortho nitro benzene ring substituents is 1. The second-order valence-corrected chi connectivity index (χ2v) is 10.0. The topological polar surface area (TPSA) is 115 Å². The lowest BCUT2D eigenvalue weighted by Crippen LogP contribution is -2.26. The molecule has 16 heteroatoms. The fourth-order valence-electron chi connectivity index (χ4n) is 3.91. The van der Waals surface area contributed by atoms with E-state index in [2.05, 4.69) is 4.74 Å². The molecule has 1 heterocycles. The predicted molar refractivity (Wildman–Crippen MR) is 137 cm³/mol. The summed E-state index contributed by atoms with van der Waals surface area (Å²) in [7, 11) is 0. The molecule has 9 nitrogen and oxygen atoms in total. The van der Waals surface area contributed by atoms with E-state index in [1.807, 2.05) is 0 Å². The van der Waals surface area contributed by atoms with E-state index < -0.39 is 46.6 Å². The van der Waals surface area contributed by atoms with Crippen molar-refractivity contribution in [2.24, 2.45) is 5.92 Å². The summed E-state index contributed by atoms with van der Waals surface area (Å²) in [6.45, 7) is -3.03. The molecule has 0 amide bonds. The van der Waals surface area contributed by atoms with Crippen LogP contribution in [0, 0.1) is 21.2 Å². The number of aromatic nitrogens is 1. The average Bonchev–Trinajstić information content (AvgIpc) is 3.72. The number of alkyl halides is 5. The highest BCUT2D eigenvalue weighted by Gasteiger charge is 2.38. The number of ether oxygens (including phenoxy) is 3. The van der Waals surface area contributed by atoms with Crippen LogP contribution in [-0.4, -0.2) is 24.1 Å². The summed E-state index contributed by atoms with van der Waals surface area (Å²) in [6, 6.07) is 5.06. The number of rotatable bonds is 11. The lowest BCUT2D eigenvalue weighted by Gasteiger charge is -2.22. The number of esters is 1. The molecule has 0 radical (unpaired) electrons. The Morgan fingerprint density at radius 2 is 1.74 bits per heavy atom. The molecule has 0 bridgehead atoms. The Morgan fingerprint density at radius 1 is 1.07 bits per heavy atom. The zero-order valence-electron chi connectivity index (χ0n) is 21.1. The van der Waals surface area contributed by atoms with Crippen LogP contribution in [0.4, 0.5) is 27.6 Å². The van der Waals surface area contributed by atoms with Gasteiger partial charge in [0.2, 0.25) is 0 Å². The van der Waals surface area contributed by atoms with Crippen LogP contribution in [0.25, 0.3) is 0 Å². The number of pyridine rings is 1. The molecule has 3 aromatic rings. The third kappa shape index (κ3) is 7.68. The zero-order chi connectivity index (χ0) is 30.8. The maximum Gasteiger partial charge on any atom is 0.417 e. The van der Waals surface area contributed by atoms with Gasteiger partial charge >= 0.3 is 18.8 Å². The Balaban J connectivity index is 1.76. The molecule has 4 rings (SSSR count). The fraction of sp³-hybridized carbons (Fsp3) is 0.308. The van der Waals surface area contributed by atoms with E-state index in [-0.39, 0.29) is 57.7 Å². The Kier molecular flexibility index (Phi) is 9.26. The maximum absolute atomic E-state index is 13.8. The van der Waals surface area contributed by atoms with E-state index >= 15 is 0 Å². The minimum Gasteiger partial charge on any atom is -0.619 e. The van der Waals surface area contributed by atoms with Crippen LogP contribution in [0.5, 0.6) is 11.5 Å². The van der Waals surface area contributed by atoms with Gasteiger partial charge in [0, 0.05) is 24.1 Å². The first-order valence-electron chi connectivity index (χ1n) is 12.1.